The maximum atomic E-state index is 5.24. The van der Waals surface area contributed by atoms with E-state index in [1.54, 1.807) is 14.2 Å². The topological polar surface area (TPSA) is 24.9 Å². The Morgan fingerprint density at radius 2 is 1.67 bits per heavy atom. The number of nitrogens with zero attached hydrogens (tertiary/aromatic N) is 2. The first-order chi connectivity index (χ1) is 7.31. The lowest BCUT2D eigenvalue weighted by atomic mass is 10.2. The number of methoxy groups -OCH3 is 2. The van der Waals surface area contributed by atoms with Crippen LogP contribution in [0.4, 0.5) is 0 Å². The zero-order valence-corrected chi connectivity index (χ0v) is 10.2. The van der Waals surface area contributed by atoms with Gasteiger partial charge in [-0.3, -0.25) is 4.90 Å². The molecule has 4 nitrogen and oxygen atoms in total. The second-order valence-corrected chi connectivity index (χ2v) is 4.01. The Labute approximate surface area is 93.1 Å². The van der Waals surface area contributed by atoms with Crippen molar-refractivity contribution >= 4 is 0 Å². The molecule has 1 aliphatic heterocycles. The molecule has 0 aromatic heterocycles. The molecule has 0 radical (unpaired) electrons. The maximum Gasteiger partial charge on any atom is 0.218 e. The van der Waals surface area contributed by atoms with Crippen molar-refractivity contribution < 1.29 is 9.47 Å². The number of hydrogen-bond acceptors (Lipinski definition) is 4. The predicted octanol–water partition coefficient (Wildman–Crippen LogP) is 0.980. The van der Waals surface area contributed by atoms with Gasteiger partial charge in [0.1, 0.15) is 0 Å². The summed E-state index contributed by atoms with van der Waals surface area (Å²) in [5.41, 5.74) is 0. The van der Waals surface area contributed by atoms with Crippen molar-refractivity contribution in [3.8, 4) is 0 Å². The van der Waals surface area contributed by atoms with E-state index in [0.717, 1.165) is 26.2 Å². The van der Waals surface area contributed by atoms with Gasteiger partial charge in [0, 0.05) is 40.4 Å². The van der Waals surface area contributed by atoms with E-state index in [-0.39, 0.29) is 6.41 Å². The molecule has 0 bridgehead atoms. The molecule has 0 N–H and O–H groups in total. The standard InChI is InChI=1S/C11H24N2O2/c1-4-5-6-12-7-9-13(10-8-12)11(14-2)15-3/h11H,4-10H2,1-3H3. The normalized spacial score (nSPS) is 20.0. The fourth-order valence-electron chi connectivity index (χ4n) is 1.97. The zero-order valence-electron chi connectivity index (χ0n) is 10.2. The smallest absolute Gasteiger partial charge is 0.218 e. The molecule has 0 aromatic rings. The first-order valence-electron chi connectivity index (χ1n) is 5.83. The molecule has 0 spiro atoms. The summed E-state index contributed by atoms with van der Waals surface area (Å²) in [5.74, 6) is 0. The van der Waals surface area contributed by atoms with Gasteiger partial charge in [-0.15, -0.1) is 0 Å². The second-order valence-electron chi connectivity index (χ2n) is 4.01. The van der Waals surface area contributed by atoms with Crippen LogP contribution >= 0.6 is 0 Å². The number of rotatable bonds is 6. The summed E-state index contributed by atoms with van der Waals surface area (Å²) in [6.45, 7) is 7.80. The molecule has 4 heteroatoms. The number of ether oxygens (including phenoxy) is 2. The molecule has 1 heterocycles. The van der Waals surface area contributed by atoms with E-state index in [1.807, 2.05) is 0 Å². The van der Waals surface area contributed by atoms with Crippen LogP contribution in [0.25, 0.3) is 0 Å². The van der Waals surface area contributed by atoms with Crippen molar-refractivity contribution in [1.29, 1.82) is 0 Å². The van der Waals surface area contributed by atoms with Gasteiger partial charge in [0.2, 0.25) is 6.41 Å². The number of hydrogen-bond donors (Lipinski definition) is 0. The quantitative estimate of drug-likeness (QED) is 0.618. The largest absolute Gasteiger partial charge is 0.343 e. The monoisotopic (exact) mass is 216 g/mol. The van der Waals surface area contributed by atoms with Gasteiger partial charge in [0.25, 0.3) is 0 Å². The van der Waals surface area contributed by atoms with Gasteiger partial charge >= 0.3 is 0 Å². The van der Waals surface area contributed by atoms with E-state index in [2.05, 4.69) is 16.7 Å². The highest BCUT2D eigenvalue weighted by Gasteiger charge is 2.22. The van der Waals surface area contributed by atoms with Crippen LogP contribution in [0.15, 0.2) is 0 Å². The molecule has 0 unspecified atom stereocenters. The van der Waals surface area contributed by atoms with Gasteiger partial charge in [0.15, 0.2) is 0 Å². The molecule has 1 saturated heterocycles. The summed E-state index contributed by atoms with van der Waals surface area (Å²) in [6.07, 6.45) is 2.41. The summed E-state index contributed by atoms with van der Waals surface area (Å²) in [5, 5.41) is 0. The Morgan fingerprint density at radius 1 is 1.07 bits per heavy atom. The van der Waals surface area contributed by atoms with Crippen molar-refractivity contribution in [1.82, 2.24) is 9.80 Å². The summed E-state index contributed by atoms with van der Waals surface area (Å²) in [4.78, 5) is 4.75. The Kier molecular flexibility index (Phi) is 6.17. The molecule has 0 atom stereocenters. The van der Waals surface area contributed by atoms with Gasteiger partial charge in [0.05, 0.1) is 0 Å². The molecule has 0 amide bonds. The molecular formula is C11H24N2O2. The van der Waals surface area contributed by atoms with Crippen molar-refractivity contribution in [2.45, 2.75) is 26.2 Å². The summed E-state index contributed by atoms with van der Waals surface area (Å²) in [7, 11) is 3.38. The van der Waals surface area contributed by atoms with E-state index >= 15 is 0 Å². The predicted molar refractivity (Wildman–Crippen MR) is 60.7 cm³/mol. The third-order valence-corrected chi connectivity index (χ3v) is 2.94. The van der Waals surface area contributed by atoms with Crippen molar-refractivity contribution in [3.63, 3.8) is 0 Å². The fraction of sp³-hybridized carbons (Fsp3) is 1.00. The molecule has 90 valence electrons. The summed E-state index contributed by atoms with van der Waals surface area (Å²) < 4.78 is 10.5. The lowest BCUT2D eigenvalue weighted by molar-refractivity contribution is -0.203. The van der Waals surface area contributed by atoms with Gasteiger partial charge < -0.3 is 14.4 Å². The van der Waals surface area contributed by atoms with Gasteiger partial charge in [-0.1, -0.05) is 13.3 Å². The van der Waals surface area contributed by atoms with Crippen LogP contribution < -0.4 is 0 Å². The van der Waals surface area contributed by atoms with Crippen molar-refractivity contribution in [2.24, 2.45) is 0 Å². The first-order valence-corrected chi connectivity index (χ1v) is 5.83. The Bertz CT molecular complexity index is 155. The van der Waals surface area contributed by atoms with Crippen LogP contribution in [-0.4, -0.2) is 63.2 Å². The third kappa shape index (κ3) is 4.07. The van der Waals surface area contributed by atoms with Gasteiger partial charge in [-0.25, -0.2) is 0 Å². The Hall–Kier alpha value is -0.160. The molecule has 0 saturated carbocycles. The van der Waals surface area contributed by atoms with E-state index in [0.29, 0.717) is 0 Å². The lowest BCUT2D eigenvalue weighted by Gasteiger charge is -2.37. The van der Waals surface area contributed by atoms with Crippen molar-refractivity contribution in [3.05, 3.63) is 0 Å². The van der Waals surface area contributed by atoms with E-state index in [4.69, 9.17) is 9.47 Å². The van der Waals surface area contributed by atoms with Crippen LogP contribution in [0.1, 0.15) is 19.8 Å². The SMILES string of the molecule is CCCCN1CCN(C(OC)OC)CC1. The zero-order chi connectivity index (χ0) is 11.1. The molecule has 1 fully saturated rings. The minimum atomic E-state index is -0.168. The highest BCUT2D eigenvalue weighted by Crippen LogP contribution is 2.08. The van der Waals surface area contributed by atoms with Crippen LogP contribution in [-0.2, 0) is 9.47 Å². The van der Waals surface area contributed by atoms with E-state index in [9.17, 15) is 0 Å². The lowest BCUT2D eigenvalue weighted by Crippen LogP contribution is -2.51. The molecule has 15 heavy (non-hydrogen) atoms. The number of unbranched alkanes of at least 4 members (excludes halogenated alkanes) is 1. The van der Waals surface area contributed by atoms with Crippen molar-refractivity contribution in [2.75, 3.05) is 46.9 Å². The highest BCUT2D eigenvalue weighted by molar-refractivity contribution is 4.71. The average Bonchev–Trinajstić information content (AvgIpc) is 2.29. The molecular weight excluding hydrogens is 192 g/mol. The average molecular weight is 216 g/mol. The van der Waals surface area contributed by atoms with Crippen LogP contribution in [0.3, 0.4) is 0 Å². The minimum Gasteiger partial charge on any atom is -0.343 e. The van der Waals surface area contributed by atoms with Crippen LogP contribution in [0.2, 0.25) is 0 Å². The van der Waals surface area contributed by atoms with E-state index in [1.165, 1.54) is 19.4 Å². The fourth-order valence-corrected chi connectivity index (χ4v) is 1.97. The number of piperazine rings is 1. The second kappa shape index (κ2) is 7.17. The summed E-state index contributed by atoms with van der Waals surface area (Å²) >= 11 is 0. The minimum absolute atomic E-state index is 0.168. The molecule has 1 rings (SSSR count). The summed E-state index contributed by atoms with van der Waals surface area (Å²) in [6, 6.07) is 0. The third-order valence-electron chi connectivity index (χ3n) is 2.94. The molecule has 0 aliphatic carbocycles. The first kappa shape index (κ1) is 12.9. The van der Waals surface area contributed by atoms with Gasteiger partial charge in [-0.2, -0.15) is 0 Å². The molecule has 1 aliphatic rings. The Morgan fingerprint density at radius 3 is 2.13 bits per heavy atom. The van der Waals surface area contributed by atoms with Gasteiger partial charge in [-0.05, 0) is 13.0 Å². The maximum absolute atomic E-state index is 5.24. The van der Waals surface area contributed by atoms with Crippen LogP contribution in [0.5, 0.6) is 0 Å². The molecule has 0 aromatic carbocycles. The Balaban J connectivity index is 2.22. The van der Waals surface area contributed by atoms with E-state index < -0.39 is 0 Å². The van der Waals surface area contributed by atoms with Crippen LogP contribution in [0, 0.1) is 0 Å². The highest BCUT2D eigenvalue weighted by atomic mass is 16.7.